The zero-order chi connectivity index (χ0) is 13.9. The number of nitrogens with zero attached hydrogens (tertiary/aromatic N) is 2. The Morgan fingerprint density at radius 3 is 3.05 bits per heavy atom. The van der Waals surface area contributed by atoms with Crippen LogP contribution in [0.4, 0.5) is 4.39 Å². The van der Waals surface area contributed by atoms with Crippen LogP contribution in [0.5, 0.6) is 0 Å². The molecule has 20 heavy (non-hydrogen) atoms. The first kappa shape index (κ1) is 13.5. The van der Waals surface area contributed by atoms with Crippen molar-refractivity contribution in [1.29, 1.82) is 0 Å². The maximum atomic E-state index is 13.1. The lowest BCUT2D eigenvalue weighted by molar-refractivity contribution is -0.0334. The summed E-state index contributed by atoms with van der Waals surface area (Å²) in [6, 6.07) is 6.25. The Hall–Kier alpha value is -1.43. The van der Waals surface area contributed by atoms with Crippen LogP contribution < -0.4 is 0 Å². The van der Waals surface area contributed by atoms with E-state index in [0.717, 1.165) is 17.8 Å². The molecule has 0 radical (unpaired) electrons. The van der Waals surface area contributed by atoms with Crippen LogP contribution in [0, 0.1) is 5.82 Å². The van der Waals surface area contributed by atoms with Crippen LogP contribution in [0.3, 0.4) is 0 Å². The Morgan fingerprint density at radius 1 is 1.40 bits per heavy atom. The van der Waals surface area contributed by atoms with Crippen molar-refractivity contribution in [3.63, 3.8) is 0 Å². The largest absolute Gasteiger partial charge is 0.371 e. The van der Waals surface area contributed by atoms with Crippen LogP contribution in [-0.2, 0) is 11.3 Å². The Bertz CT molecular complexity index is 577. The zero-order valence-corrected chi connectivity index (χ0v) is 11.5. The molecular formula is C14H14ClFN2O2. The smallest absolute Gasteiger partial charge is 0.124 e. The molecule has 0 bridgehead atoms. The van der Waals surface area contributed by atoms with Crippen molar-refractivity contribution in [2.75, 3.05) is 19.7 Å². The Morgan fingerprint density at radius 2 is 2.30 bits per heavy atom. The molecule has 1 aliphatic rings. The first-order valence-corrected chi connectivity index (χ1v) is 6.78. The number of hydrogen-bond donors (Lipinski definition) is 0. The summed E-state index contributed by atoms with van der Waals surface area (Å²) in [4.78, 5) is 2.21. The number of benzene rings is 1. The molecule has 1 saturated heterocycles. The van der Waals surface area contributed by atoms with Crippen LogP contribution in [0.25, 0.3) is 0 Å². The van der Waals surface area contributed by atoms with Gasteiger partial charge < -0.3 is 9.26 Å². The molecule has 1 atom stereocenters. The van der Waals surface area contributed by atoms with Gasteiger partial charge in [0.15, 0.2) is 0 Å². The average Bonchev–Trinajstić information content (AvgIpc) is 2.92. The lowest BCUT2D eigenvalue weighted by Gasteiger charge is -2.32. The highest BCUT2D eigenvalue weighted by atomic mass is 35.5. The van der Waals surface area contributed by atoms with Crippen molar-refractivity contribution in [2.45, 2.75) is 12.6 Å². The quantitative estimate of drug-likeness (QED) is 0.872. The maximum Gasteiger partial charge on any atom is 0.124 e. The molecule has 0 N–H and O–H groups in total. The van der Waals surface area contributed by atoms with E-state index in [4.69, 9.17) is 20.9 Å². The van der Waals surface area contributed by atoms with Crippen LogP contribution in [0.15, 0.2) is 35.1 Å². The third-order valence-electron chi connectivity index (χ3n) is 3.34. The van der Waals surface area contributed by atoms with Gasteiger partial charge in [-0.1, -0.05) is 22.8 Å². The molecule has 106 valence electrons. The summed E-state index contributed by atoms with van der Waals surface area (Å²) in [5, 5.41) is 4.31. The molecule has 0 spiro atoms. The third-order valence-corrected chi connectivity index (χ3v) is 3.66. The fourth-order valence-electron chi connectivity index (χ4n) is 2.35. The van der Waals surface area contributed by atoms with E-state index < -0.39 is 0 Å². The molecule has 3 rings (SSSR count). The normalized spacial score (nSPS) is 20.2. The van der Waals surface area contributed by atoms with Crippen molar-refractivity contribution in [2.24, 2.45) is 0 Å². The molecule has 1 aromatic heterocycles. The number of rotatable bonds is 3. The molecule has 1 unspecified atom stereocenters. The molecule has 1 fully saturated rings. The predicted octanol–water partition coefficient (Wildman–Crippen LogP) is 3.04. The molecular weight excluding hydrogens is 283 g/mol. The summed E-state index contributed by atoms with van der Waals surface area (Å²) >= 11 is 6.09. The summed E-state index contributed by atoms with van der Waals surface area (Å²) in [6.07, 6.45) is 1.41. The van der Waals surface area contributed by atoms with Gasteiger partial charge in [-0.15, -0.1) is 0 Å². The minimum absolute atomic E-state index is 0.149. The molecule has 1 aliphatic heterocycles. The van der Waals surface area contributed by atoms with Crippen molar-refractivity contribution in [1.82, 2.24) is 10.1 Å². The molecule has 0 aliphatic carbocycles. The number of aromatic nitrogens is 1. The van der Waals surface area contributed by atoms with Gasteiger partial charge in [0.2, 0.25) is 0 Å². The van der Waals surface area contributed by atoms with Gasteiger partial charge in [-0.2, -0.15) is 0 Å². The van der Waals surface area contributed by atoms with Crippen molar-refractivity contribution in [3.8, 4) is 0 Å². The van der Waals surface area contributed by atoms with E-state index in [1.165, 1.54) is 12.1 Å². The summed E-state index contributed by atoms with van der Waals surface area (Å²) in [5.41, 5.74) is 1.70. The average molecular weight is 297 g/mol. The van der Waals surface area contributed by atoms with E-state index in [1.54, 1.807) is 12.3 Å². The van der Waals surface area contributed by atoms with E-state index in [0.29, 0.717) is 24.7 Å². The van der Waals surface area contributed by atoms with Crippen LogP contribution >= 0.6 is 11.6 Å². The van der Waals surface area contributed by atoms with Crippen molar-refractivity contribution in [3.05, 3.63) is 52.6 Å². The first-order valence-electron chi connectivity index (χ1n) is 6.40. The maximum absolute atomic E-state index is 13.1. The first-order chi connectivity index (χ1) is 9.72. The highest BCUT2D eigenvalue weighted by Gasteiger charge is 2.24. The van der Waals surface area contributed by atoms with E-state index in [9.17, 15) is 4.39 Å². The Balaban J connectivity index is 1.71. The molecule has 2 aromatic rings. The number of morpholine rings is 1. The third kappa shape index (κ3) is 3.00. The number of hydrogen-bond acceptors (Lipinski definition) is 4. The molecule has 2 heterocycles. The van der Waals surface area contributed by atoms with Gasteiger partial charge in [0.25, 0.3) is 0 Å². The molecule has 0 amide bonds. The Kier molecular flexibility index (Phi) is 4.00. The fraction of sp³-hybridized carbons (Fsp3) is 0.357. The second-order valence-electron chi connectivity index (χ2n) is 4.75. The molecule has 4 nitrogen and oxygen atoms in total. The topological polar surface area (TPSA) is 38.5 Å². The number of halogens is 2. The van der Waals surface area contributed by atoms with Crippen LogP contribution in [0.1, 0.15) is 17.4 Å². The van der Waals surface area contributed by atoms with Gasteiger partial charge in [0.05, 0.1) is 18.4 Å². The van der Waals surface area contributed by atoms with Gasteiger partial charge >= 0.3 is 0 Å². The minimum Gasteiger partial charge on any atom is -0.371 e. The van der Waals surface area contributed by atoms with E-state index in [-0.39, 0.29) is 11.9 Å². The van der Waals surface area contributed by atoms with Crippen molar-refractivity contribution < 1.29 is 13.7 Å². The van der Waals surface area contributed by atoms with Gasteiger partial charge in [-0.05, 0) is 12.1 Å². The lowest BCUT2D eigenvalue weighted by atomic mass is 10.1. The molecule has 6 heteroatoms. The lowest BCUT2D eigenvalue weighted by Crippen LogP contribution is -2.38. The summed E-state index contributed by atoms with van der Waals surface area (Å²) < 4.78 is 23.7. The summed E-state index contributed by atoms with van der Waals surface area (Å²) in [5.74, 6) is -0.339. The second-order valence-corrected chi connectivity index (χ2v) is 5.16. The van der Waals surface area contributed by atoms with Crippen LogP contribution in [0.2, 0.25) is 5.02 Å². The summed E-state index contributed by atoms with van der Waals surface area (Å²) in [6.45, 7) is 2.83. The summed E-state index contributed by atoms with van der Waals surface area (Å²) in [7, 11) is 0. The SMILES string of the molecule is Fc1ccc(C2CN(Cc3ccon3)CCO2)c(Cl)c1. The highest BCUT2D eigenvalue weighted by molar-refractivity contribution is 6.31. The van der Waals surface area contributed by atoms with Crippen LogP contribution in [-0.4, -0.2) is 29.8 Å². The fourth-order valence-corrected chi connectivity index (χ4v) is 2.63. The molecule has 0 saturated carbocycles. The van der Waals surface area contributed by atoms with Gasteiger partial charge in [0.1, 0.15) is 12.1 Å². The second kappa shape index (κ2) is 5.91. The minimum atomic E-state index is -0.339. The predicted molar refractivity (Wildman–Crippen MR) is 71.9 cm³/mol. The van der Waals surface area contributed by atoms with E-state index >= 15 is 0 Å². The van der Waals surface area contributed by atoms with Gasteiger partial charge in [0, 0.05) is 36.3 Å². The van der Waals surface area contributed by atoms with E-state index in [1.807, 2.05) is 6.07 Å². The highest BCUT2D eigenvalue weighted by Crippen LogP contribution is 2.29. The monoisotopic (exact) mass is 296 g/mol. The van der Waals surface area contributed by atoms with Gasteiger partial charge in [-0.25, -0.2) is 4.39 Å². The standard InChI is InChI=1S/C14H14ClFN2O2/c15-13-7-10(16)1-2-12(13)14-9-18(4-6-19-14)8-11-3-5-20-17-11/h1-3,5,7,14H,4,6,8-9H2. The number of ether oxygens (including phenoxy) is 1. The van der Waals surface area contributed by atoms with Crippen molar-refractivity contribution >= 4 is 11.6 Å². The molecule has 1 aromatic carbocycles. The van der Waals surface area contributed by atoms with E-state index in [2.05, 4.69) is 10.1 Å². The zero-order valence-electron chi connectivity index (χ0n) is 10.8. The van der Waals surface area contributed by atoms with Gasteiger partial charge in [-0.3, -0.25) is 4.90 Å². The Labute approximate surface area is 121 Å².